The molecule has 4 nitrogen and oxygen atoms in total. The molecule has 0 saturated carbocycles. The number of likely N-dealkylation sites (N-methyl/N-ethyl adjacent to an activating group) is 1. The minimum atomic E-state index is 0. The van der Waals surface area contributed by atoms with Crippen LogP contribution in [0.3, 0.4) is 0 Å². The first-order valence-electron chi connectivity index (χ1n) is 6.47. The maximum absolute atomic E-state index is 12.1. The van der Waals surface area contributed by atoms with Gasteiger partial charge in [0.15, 0.2) is 0 Å². The number of hydrogen-bond acceptors (Lipinski definition) is 3. The highest BCUT2D eigenvalue weighted by Gasteiger charge is 2.16. The first-order chi connectivity index (χ1) is 8.68. The Kier molecular flexibility index (Phi) is 6.12. The highest BCUT2D eigenvalue weighted by Crippen LogP contribution is 2.25. The number of nitrogens with zero attached hydrogens (tertiary/aromatic N) is 1. The highest BCUT2D eigenvalue weighted by atomic mass is 35.5. The molecule has 0 fully saturated rings. The molecule has 0 aromatic heterocycles. The molecule has 19 heavy (non-hydrogen) atoms. The number of halogens is 1. The van der Waals surface area contributed by atoms with Gasteiger partial charge in [-0.15, -0.1) is 12.4 Å². The predicted molar refractivity (Wildman–Crippen MR) is 81.4 cm³/mol. The Morgan fingerprint density at radius 3 is 2.95 bits per heavy atom. The first kappa shape index (κ1) is 15.8. The van der Waals surface area contributed by atoms with E-state index in [-0.39, 0.29) is 18.3 Å². The van der Waals surface area contributed by atoms with Crippen molar-refractivity contribution in [2.24, 2.45) is 0 Å². The van der Waals surface area contributed by atoms with Crippen LogP contribution in [0.1, 0.15) is 22.3 Å². The fourth-order valence-corrected chi connectivity index (χ4v) is 2.21. The zero-order valence-electron chi connectivity index (χ0n) is 11.5. The summed E-state index contributed by atoms with van der Waals surface area (Å²) in [7, 11) is 4.00. The number of amides is 1. The van der Waals surface area contributed by atoms with Crippen molar-refractivity contribution in [1.82, 2.24) is 10.2 Å². The standard InChI is InChI=1S/C14H21N3O.ClH/c1-17(2)10-9-16-14(18)12-5-3-7-13-11(12)6-4-8-15-13;/h3,5,7,15H,4,6,8-10H2,1-2H3,(H,16,18);1H. The molecule has 1 heterocycles. The van der Waals surface area contributed by atoms with Crippen LogP contribution in [0, 0.1) is 0 Å². The lowest BCUT2D eigenvalue weighted by molar-refractivity contribution is 0.0950. The number of fused-ring (bicyclic) bond motifs is 1. The van der Waals surface area contributed by atoms with Crippen LogP contribution in [0.5, 0.6) is 0 Å². The second-order valence-corrected chi connectivity index (χ2v) is 4.92. The summed E-state index contributed by atoms with van der Waals surface area (Å²) in [5.74, 6) is 0.0393. The average molecular weight is 284 g/mol. The monoisotopic (exact) mass is 283 g/mol. The molecule has 106 valence electrons. The third-order valence-corrected chi connectivity index (χ3v) is 3.18. The van der Waals surface area contributed by atoms with Crippen LogP contribution in [0.2, 0.25) is 0 Å². The van der Waals surface area contributed by atoms with E-state index in [0.29, 0.717) is 6.54 Å². The first-order valence-corrected chi connectivity index (χ1v) is 6.47. The van der Waals surface area contributed by atoms with Crippen molar-refractivity contribution in [3.8, 4) is 0 Å². The fraction of sp³-hybridized carbons (Fsp3) is 0.500. The van der Waals surface area contributed by atoms with Crippen LogP contribution >= 0.6 is 12.4 Å². The lowest BCUT2D eigenvalue weighted by atomic mass is 9.97. The van der Waals surface area contributed by atoms with E-state index in [0.717, 1.165) is 42.7 Å². The van der Waals surface area contributed by atoms with E-state index in [1.807, 2.05) is 32.3 Å². The molecule has 1 aliphatic heterocycles. The lowest BCUT2D eigenvalue weighted by Gasteiger charge is -2.20. The Morgan fingerprint density at radius 1 is 1.42 bits per heavy atom. The van der Waals surface area contributed by atoms with Crippen molar-refractivity contribution < 1.29 is 4.79 Å². The molecule has 1 aromatic carbocycles. The van der Waals surface area contributed by atoms with Gasteiger partial charge in [0.05, 0.1) is 0 Å². The number of rotatable bonds is 4. The van der Waals surface area contributed by atoms with E-state index >= 15 is 0 Å². The fourth-order valence-electron chi connectivity index (χ4n) is 2.21. The Labute approximate surface area is 121 Å². The molecule has 0 atom stereocenters. The molecule has 0 radical (unpaired) electrons. The van der Waals surface area contributed by atoms with Crippen molar-refractivity contribution in [2.75, 3.05) is 39.0 Å². The SMILES string of the molecule is CN(C)CCNC(=O)c1cccc2c1CCCN2.Cl. The summed E-state index contributed by atoms with van der Waals surface area (Å²) >= 11 is 0. The molecule has 1 aromatic rings. The zero-order chi connectivity index (χ0) is 13.0. The van der Waals surface area contributed by atoms with E-state index in [1.165, 1.54) is 0 Å². The van der Waals surface area contributed by atoms with Crippen molar-refractivity contribution in [3.05, 3.63) is 29.3 Å². The highest BCUT2D eigenvalue weighted by molar-refractivity contribution is 5.97. The van der Waals surface area contributed by atoms with E-state index in [9.17, 15) is 4.79 Å². The Morgan fingerprint density at radius 2 is 2.21 bits per heavy atom. The molecule has 2 rings (SSSR count). The van der Waals surface area contributed by atoms with Gasteiger partial charge in [0.25, 0.3) is 5.91 Å². The molecular weight excluding hydrogens is 262 g/mol. The van der Waals surface area contributed by atoms with Crippen molar-refractivity contribution in [1.29, 1.82) is 0 Å². The summed E-state index contributed by atoms with van der Waals surface area (Å²) in [5, 5.41) is 6.32. The third-order valence-electron chi connectivity index (χ3n) is 3.18. The average Bonchev–Trinajstić information content (AvgIpc) is 2.37. The molecule has 0 bridgehead atoms. The topological polar surface area (TPSA) is 44.4 Å². The number of hydrogen-bond donors (Lipinski definition) is 2. The van der Waals surface area contributed by atoms with Gasteiger partial charge in [-0.25, -0.2) is 0 Å². The minimum absolute atomic E-state index is 0. The van der Waals surface area contributed by atoms with Crippen molar-refractivity contribution >= 4 is 24.0 Å². The number of carbonyl (C=O) groups is 1. The predicted octanol–water partition coefficient (Wildman–Crippen LogP) is 1.76. The van der Waals surface area contributed by atoms with Crippen LogP contribution in [0.25, 0.3) is 0 Å². The zero-order valence-corrected chi connectivity index (χ0v) is 12.3. The third kappa shape index (κ3) is 4.11. The van der Waals surface area contributed by atoms with Gasteiger partial charge < -0.3 is 15.5 Å². The maximum Gasteiger partial charge on any atom is 0.251 e. The Hall–Kier alpha value is -1.26. The second-order valence-electron chi connectivity index (χ2n) is 4.92. The van der Waals surface area contributed by atoms with Gasteiger partial charge in [0.2, 0.25) is 0 Å². The number of anilines is 1. The molecule has 5 heteroatoms. The maximum atomic E-state index is 12.1. The summed E-state index contributed by atoms with van der Waals surface area (Å²) in [6.45, 7) is 2.54. The molecule has 0 unspecified atom stereocenters. The van der Waals surface area contributed by atoms with Crippen molar-refractivity contribution in [3.63, 3.8) is 0 Å². The van der Waals surface area contributed by atoms with Crippen molar-refractivity contribution in [2.45, 2.75) is 12.8 Å². The quantitative estimate of drug-likeness (QED) is 0.885. The minimum Gasteiger partial charge on any atom is -0.385 e. The number of benzene rings is 1. The van der Waals surface area contributed by atoms with Gasteiger partial charge in [0.1, 0.15) is 0 Å². The largest absolute Gasteiger partial charge is 0.385 e. The molecule has 0 saturated heterocycles. The smallest absolute Gasteiger partial charge is 0.251 e. The van der Waals surface area contributed by atoms with Gasteiger partial charge in [0, 0.05) is 30.9 Å². The van der Waals surface area contributed by atoms with E-state index in [4.69, 9.17) is 0 Å². The van der Waals surface area contributed by atoms with Crippen LogP contribution < -0.4 is 10.6 Å². The normalized spacial score (nSPS) is 13.2. The summed E-state index contributed by atoms with van der Waals surface area (Å²) < 4.78 is 0. The van der Waals surface area contributed by atoms with E-state index in [1.54, 1.807) is 0 Å². The van der Waals surface area contributed by atoms with Crippen LogP contribution in [-0.2, 0) is 6.42 Å². The van der Waals surface area contributed by atoms with Gasteiger partial charge in [-0.3, -0.25) is 4.79 Å². The molecule has 1 amide bonds. The summed E-state index contributed by atoms with van der Waals surface area (Å²) in [6.07, 6.45) is 2.08. The molecule has 0 spiro atoms. The van der Waals surface area contributed by atoms with Crippen LogP contribution in [0.4, 0.5) is 5.69 Å². The Balaban J connectivity index is 0.00000180. The second kappa shape index (κ2) is 7.36. The Bertz CT molecular complexity index is 435. The van der Waals surface area contributed by atoms with Gasteiger partial charge >= 0.3 is 0 Å². The van der Waals surface area contributed by atoms with E-state index in [2.05, 4.69) is 15.5 Å². The molecule has 1 aliphatic rings. The summed E-state index contributed by atoms with van der Waals surface area (Å²) in [4.78, 5) is 14.2. The van der Waals surface area contributed by atoms with Gasteiger partial charge in [-0.1, -0.05) is 6.07 Å². The van der Waals surface area contributed by atoms with Crippen LogP contribution in [0.15, 0.2) is 18.2 Å². The van der Waals surface area contributed by atoms with Gasteiger partial charge in [-0.2, -0.15) is 0 Å². The number of nitrogens with one attached hydrogen (secondary N) is 2. The van der Waals surface area contributed by atoms with Crippen LogP contribution in [-0.4, -0.2) is 44.5 Å². The summed E-state index contributed by atoms with van der Waals surface area (Å²) in [5.41, 5.74) is 3.09. The van der Waals surface area contributed by atoms with E-state index < -0.39 is 0 Å². The molecular formula is C14H22ClN3O. The lowest BCUT2D eigenvalue weighted by Crippen LogP contribution is -2.32. The number of carbonyl (C=O) groups excluding carboxylic acids is 1. The summed E-state index contributed by atoms with van der Waals surface area (Å²) in [6, 6.07) is 5.90. The molecule has 2 N–H and O–H groups in total. The molecule has 0 aliphatic carbocycles. The van der Waals surface area contributed by atoms with Gasteiger partial charge in [-0.05, 0) is 44.6 Å².